The van der Waals surface area contributed by atoms with E-state index in [4.69, 9.17) is 0 Å². The van der Waals surface area contributed by atoms with Crippen molar-refractivity contribution in [2.45, 2.75) is 53.5 Å². The number of hydrogen-bond acceptors (Lipinski definition) is 1. The van der Waals surface area contributed by atoms with E-state index in [0.717, 1.165) is 54.0 Å². The Morgan fingerprint density at radius 2 is 1.46 bits per heavy atom. The molecule has 0 saturated heterocycles. The van der Waals surface area contributed by atoms with Crippen molar-refractivity contribution in [2.75, 3.05) is 5.32 Å². The Balaban J connectivity index is 1.61. The first-order valence-electron chi connectivity index (χ1n) is 13.2. The Morgan fingerprint density at radius 1 is 0.784 bits per heavy atom. The Morgan fingerprint density at radius 3 is 2.16 bits per heavy atom. The van der Waals surface area contributed by atoms with E-state index in [0.29, 0.717) is 5.69 Å². The van der Waals surface area contributed by atoms with Crippen molar-refractivity contribution in [1.29, 1.82) is 0 Å². The molecular weight excluding hydrogens is 454 g/mol. The number of benzene rings is 3. The Labute approximate surface area is 218 Å². The van der Waals surface area contributed by atoms with Crippen molar-refractivity contribution in [3.05, 3.63) is 106 Å². The predicted octanol–water partition coefficient (Wildman–Crippen LogP) is 7.90. The molecule has 0 saturated carbocycles. The second-order valence-corrected chi connectivity index (χ2v) is 10.5. The molecule has 4 nitrogen and oxygen atoms in total. The smallest absolute Gasteiger partial charge is 0.273 e. The van der Waals surface area contributed by atoms with Gasteiger partial charge in [0.05, 0.1) is 5.69 Å². The summed E-state index contributed by atoms with van der Waals surface area (Å²) in [4.78, 5) is 14.1. The molecule has 1 N–H and O–H groups in total. The largest absolute Gasteiger partial charge is 0.325 e. The van der Waals surface area contributed by atoms with Gasteiger partial charge in [0, 0.05) is 29.6 Å². The lowest BCUT2D eigenvalue weighted by atomic mass is 9.95. The molecule has 37 heavy (non-hydrogen) atoms. The summed E-state index contributed by atoms with van der Waals surface area (Å²) in [6, 6.07) is 23.3. The number of aryl methyl sites for hydroxylation is 6. The van der Waals surface area contributed by atoms with Gasteiger partial charge in [-0.15, -0.1) is 0 Å². The Bertz CT molecular complexity index is 1630. The first kappa shape index (κ1) is 23.4. The third-order valence-electron chi connectivity index (χ3n) is 7.80. The zero-order valence-electron chi connectivity index (χ0n) is 22.1. The van der Waals surface area contributed by atoms with E-state index >= 15 is 0 Å². The van der Waals surface area contributed by atoms with Gasteiger partial charge in [-0.1, -0.05) is 65.7 Å². The quantitative estimate of drug-likeness (QED) is 0.275. The predicted molar refractivity (Wildman–Crippen MR) is 153 cm³/mol. The summed E-state index contributed by atoms with van der Waals surface area (Å²) < 4.78 is 4.59. The van der Waals surface area contributed by atoms with Crippen LogP contribution in [0.4, 0.5) is 5.69 Å². The molecule has 0 atom stereocenters. The summed E-state index contributed by atoms with van der Waals surface area (Å²) >= 11 is 0. The molecule has 4 heteroatoms. The van der Waals surface area contributed by atoms with E-state index in [1.54, 1.807) is 0 Å². The fraction of sp³-hybridized carbons (Fsp3) is 0.242. The summed E-state index contributed by atoms with van der Waals surface area (Å²) in [6.07, 6.45) is 5.35. The SMILES string of the molecule is Cc1ccc(NC(=O)c2c(-c3ccc(C)c(C)c3)c3c4n(c(-c5ccc(C)cc5)cn24)CCCC3)cc1. The molecule has 5 aromatic rings. The minimum absolute atomic E-state index is 0.0773. The number of nitrogens with one attached hydrogen (secondary N) is 1. The lowest BCUT2D eigenvalue weighted by Crippen LogP contribution is -2.15. The Kier molecular flexibility index (Phi) is 5.75. The van der Waals surface area contributed by atoms with Gasteiger partial charge in [-0.3, -0.25) is 9.20 Å². The van der Waals surface area contributed by atoms with E-state index in [9.17, 15) is 4.79 Å². The van der Waals surface area contributed by atoms with Crippen molar-refractivity contribution in [1.82, 2.24) is 8.97 Å². The number of nitrogens with zero attached hydrogens (tertiary/aromatic N) is 2. The molecule has 1 amide bonds. The molecule has 0 fully saturated rings. The van der Waals surface area contributed by atoms with E-state index in [1.807, 2.05) is 24.3 Å². The van der Waals surface area contributed by atoms with Gasteiger partial charge in [0.2, 0.25) is 0 Å². The molecule has 0 aliphatic carbocycles. The molecule has 0 spiro atoms. The standard InChI is InChI=1S/C33H33N3O/c1-21-8-13-25(14-9-21)29-20-36-31(32(37)34-27-16-10-22(2)11-17-27)30(26-15-12-23(3)24(4)19-26)28-7-5-6-18-35(29)33(28)36/h8-17,19-20H,5-7,18H2,1-4H3,(H,34,37). The van der Waals surface area contributed by atoms with Gasteiger partial charge in [0.25, 0.3) is 5.91 Å². The van der Waals surface area contributed by atoms with Crippen molar-refractivity contribution in [3.8, 4) is 22.4 Å². The lowest BCUT2D eigenvalue weighted by molar-refractivity contribution is 0.102. The van der Waals surface area contributed by atoms with Gasteiger partial charge in [-0.05, 0) is 81.3 Å². The lowest BCUT2D eigenvalue weighted by Gasteiger charge is -2.12. The van der Waals surface area contributed by atoms with E-state index in [1.165, 1.54) is 33.4 Å². The van der Waals surface area contributed by atoms with Crippen LogP contribution in [-0.4, -0.2) is 14.9 Å². The highest BCUT2D eigenvalue weighted by atomic mass is 16.1. The second kappa shape index (κ2) is 9.11. The highest BCUT2D eigenvalue weighted by Crippen LogP contribution is 2.40. The van der Waals surface area contributed by atoms with E-state index in [2.05, 4.69) is 90.6 Å². The number of anilines is 1. The zero-order valence-corrected chi connectivity index (χ0v) is 22.1. The van der Waals surface area contributed by atoms with Crippen LogP contribution in [0, 0.1) is 27.7 Å². The summed E-state index contributed by atoms with van der Waals surface area (Å²) in [6.45, 7) is 9.40. The minimum atomic E-state index is -0.0773. The van der Waals surface area contributed by atoms with E-state index < -0.39 is 0 Å². The summed E-state index contributed by atoms with van der Waals surface area (Å²) in [5.74, 6) is -0.0773. The molecule has 1 aliphatic rings. The van der Waals surface area contributed by atoms with Gasteiger partial charge in [0.15, 0.2) is 0 Å². The number of carbonyl (C=O) groups is 1. The molecule has 3 aromatic carbocycles. The third kappa shape index (κ3) is 4.07. The fourth-order valence-electron chi connectivity index (χ4n) is 5.60. The van der Waals surface area contributed by atoms with Crippen molar-refractivity contribution >= 4 is 17.2 Å². The van der Waals surface area contributed by atoms with Gasteiger partial charge in [0.1, 0.15) is 11.3 Å². The van der Waals surface area contributed by atoms with Crippen LogP contribution in [0.15, 0.2) is 72.9 Å². The molecule has 186 valence electrons. The van der Waals surface area contributed by atoms with Crippen LogP contribution in [0.5, 0.6) is 0 Å². The highest BCUT2D eigenvalue weighted by molar-refractivity contribution is 6.10. The number of hydrogen-bond donors (Lipinski definition) is 1. The monoisotopic (exact) mass is 487 g/mol. The van der Waals surface area contributed by atoms with Gasteiger partial charge >= 0.3 is 0 Å². The average molecular weight is 488 g/mol. The van der Waals surface area contributed by atoms with Crippen molar-refractivity contribution in [2.24, 2.45) is 0 Å². The molecule has 1 aliphatic heterocycles. The molecule has 0 unspecified atom stereocenters. The molecule has 3 heterocycles. The first-order chi connectivity index (χ1) is 17.9. The topological polar surface area (TPSA) is 38.4 Å². The third-order valence-corrected chi connectivity index (χ3v) is 7.80. The maximum Gasteiger partial charge on any atom is 0.273 e. The summed E-state index contributed by atoms with van der Waals surface area (Å²) in [5.41, 5.74) is 13.4. The number of aromatic nitrogens is 2. The number of carbonyl (C=O) groups excluding carboxylic acids is 1. The van der Waals surface area contributed by atoms with Crippen LogP contribution in [-0.2, 0) is 13.0 Å². The van der Waals surface area contributed by atoms with Crippen molar-refractivity contribution < 1.29 is 4.79 Å². The number of amides is 1. The number of rotatable bonds is 4. The molecule has 0 bridgehead atoms. The van der Waals surface area contributed by atoms with Crippen molar-refractivity contribution in [3.63, 3.8) is 0 Å². The first-order valence-corrected chi connectivity index (χ1v) is 13.2. The maximum absolute atomic E-state index is 14.1. The highest BCUT2D eigenvalue weighted by Gasteiger charge is 2.29. The van der Waals surface area contributed by atoms with Crippen LogP contribution >= 0.6 is 0 Å². The normalized spacial score (nSPS) is 13.1. The zero-order chi connectivity index (χ0) is 25.7. The molecule has 2 aromatic heterocycles. The van der Waals surface area contributed by atoms with Gasteiger partial charge in [-0.25, -0.2) is 0 Å². The maximum atomic E-state index is 14.1. The van der Waals surface area contributed by atoms with Crippen LogP contribution in [0.3, 0.4) is 0 Å². The summed E-state index contributed by atoms with van der Waals surface area (Å²) in [7, 11) is 0. The number of imidazole rings is 1. The minimum Gasteiger partial charge on any atom is -0.325 e. The van der Waals surface area contributed by atoms with Crippen LogP contribution < -0.4 is 5.32 Å². The molecular formula is C33H33N3O. The summed E-state index contributed by atoms with van der Waals surface area (Å²) in [5, 5.41) is 3.19. The van der Waals surface area contributed by atoms with Crippen LogP contribution in [0.25, 0.3) is 28.0 Å². The van der Waals surface area contributed by atoms with Gasteiger partial charge < -0.3 is 9.88 Å². The average Bonchev–Trinajstić information content (AvgIpc) is 3.30. The molecule has 0 radical (unpaired) electrons. The van der Waals surface area contributed by atoms with E-state index in [-0.39, 0.29) is 5.91 Å². The fourth-order valence-corrected chi connectivity index (χ4v) is 5.60. The second-order valence-electron chi connectivity index (χ2n) is 10.5. The molecule has 6 rings (SSSR count). The van der Waals surface area contributed by atoms with Crippen LogP contribution in [0.2, 0.25) is 0 Å². The Hall–Kier alpha value is -4.05. The van der Waals surface area contributed by atoms with Gasteiger partial charge in [-0.2, -0.15) is 0 Å². The van der Waals surface area contributed by atoms with Crippen LogP contribution in [0.1, 0.15) is 51.1 Å².